The predicted octanol–water partition coefficient (Wildman–Crippen LogP) is 3.31. The Kier molecular flexibility index (Phi) is 5.05. The molecule has 0 aliphatic carbocycles. The topological polar surface area (TPSA) is 109 Å². The molecule has 0 unspecified atom stereocenters. The number of benzene rings is 1. The Hall–Kier alpha value is -3.59. The van der Waals surface area contributed by atoms with Crippen LogP contribution in [0.2, 0.25) is 0 Å². The molecule has 0 saturated heterocycles. The van der Waals surface area contributed by atoms with Crippen LogP contribution in [0.25, 0.3) is 22.2 Å². The molecule has 0 saturated carbocycles. The summed E-state index contributed by atoms with van der Waals surface area (Å²) in [6.07, 6.45) is 3.31. The molecule has 0 fully saturated rings. The quantitative estimate of drug-likeness (QED) is 0.452. The first-order chi connectivity index (χ1) is 14.0. The van der Waals surface area contributed by atoms with Gasteiger partial charge in [0.05, 0.1) is 12.8 Å². The fourth-order valence-electron chi connectivity index (χ4n) is 2.86. The molecule has 3 N–H and O–H groups in total. The maximum absolute atomic E-state index is 12.2. The maximum Gasteiger partial charge on any atom is 0.264 e. The normalized spacial score (nSPS) is 10.8. The summed E-state index contributed by atoms with van der Waals surface area (Å²) in [4.78, 5) is 34.5. The lowest BCUT2D eigenvalue weighted by Gasteiger charge is -2.05. The molecule has 29 heavy (non-hydrogen) atoms. The van der Waals surface area contributed by atoms with Crippen LogP contribution in [0.3, 0.4) is 0 Å². The molecule has 0 atom stereocenters. The van der Waals surface area contributed by atoms with Gasteiger partial charge in [-0.25, -0.2) is 4.98 Å². The second kappa shape index (κ2) is 7.80. The molecule has 3 aromatic heterocycles. The molecule has 3 heterocycles. The van der Waals surface area contributed by atoms with Crippen molar-refractivity contribution in [2.45, 2.75) is 6.92 Å². The van der Waals surface area contributed by atoms with Crippen LogP contribution in [-0.2, 0) is 4.79 Å². The fraction of sp³-hybridized carbons (Fsp3) is 0.150. The lowest BCUT2D eigenvalue weighted by Crippen LogP contribution is -2.22. The van der Waals surface area contributed by atoms with Gasteiger partial charge < -0.3 is 19.4 Å². The Morgan fingerprint density at radius 1 is 1.24 bits per heavy atom. The van der Waals surface area contributed by atoms with Gasteiger partial charge in [0.25, 0.3) is 5.91 Å². The third-order valence-electron chi connectivity index (χ3n) is 4.30. The summed E-state index contributed by atoms with van der Waals surface area (Å²) in [6.45, 7) is 1.48. The molecule has 4 rings (SSSR count). The standard InChI is InChI=1S/C20H18N4O4S/c1-11-5-17(25)18(8-21-11)28-9-19(26)24-20-23-16(10-29-20)14-7-22-15-4-3-12(27-2)6-13(14)15/h3-8,10,22H,9H2,1-2H3,(H,21,25)(H,23,24,26). The third-order valence-corrected chi connectivity index (χ3v) is 5.05. The molecule has 148 valence electrons. The number of thiazole rings is 1. The highest BCUT2D eigenvalue weighted by Crippen LogP contribution is 2.33. The van der Waals surface area contributed by atoms with Crippen molar-refractivity contribution in [3.63, 3.8) is 0 Å². The van der Waals surface area contributed by atoms with Crippen LogP contribution in [0.15, 0.2) is 46.8 Å². The Bertz CT molecular complexity index is 1240. The number of carbonyl (C=O) groups is 1. The van der Waals surface area contributed by atoms with E-state index in [0.717, 1.165) is 33.6 Å². The minimum Gasteiger partial charge on any atom is -0.497 e. The van der Waals surface area contributed by atoms with Gasteiger partial charge in [0.2, 0.25) is 5.43 Å². The molecule has 1 amide bonds. The molecule has 9 heteroatoms. The number of aromatic nitrogens is 3. The molecular formula is C20H18N4O4S. The number of nitrogens with zero attached hydrogens (tertiary/aromatic N) is 1. The zero-order valence-electron chi connectivity index (χ0n) is 15.7. The van der Waals surface area contributed by atoms with E-state index in [2.05, 4.69) is 20.3 Å². The van der Waals surface area contributed by atoms with Crippen molar-refractivity contribution in [1.82, 2.24) is 15.0 Å². The number of pyridine rings is 1. The highest BCUT2D eigenvalue weighted by atomic mass is 32.1. The monoisotopic (exact) mass is 410 g/mol. The van der Waals surface area contributed by atoms with Crippen LogP contribution in [0.4, 0.5) is 5.13 Å². The third kappa shape index (κ3) is 3.99. The molecule has 4 aromatic rings. The van der Waals surface area contributed by atoms with E-state index in [9.17, 15) is 9.59 Å². The van der Waals surface area contributed by atoms with Crippen LogP contribution in [-0.4, -0.2) is 34.6 Å². The van der Waals surface area contributed by atoms with Crippen molar-refractivity contribution in [1.29, 1.82) is 0 Å². The van der Waals surface area contributed by atoms with E-state index in [1.807, 2.05) is 29.8 Å². The summed E-state index contributed by atoms with van der Waals surface area (Å²) >= 11 is 1.31. The minimum atomic E-state index is -0.397. The molecule has 0 radical (unpaired) electrons. The Labute approximate surface area is 169 Å². The van der Waals surface area contributed by atoms with Gasteiger partial charge in [-0.15, -0.1) is 11.3 Å². The maximum atomic E-state index is 12.2. The average Bonchev–Trinajstić information content (AvgIpc) is 3.33. The van der Waals surface area contributed by atoms with Crippen LogP contribution in [0, 0.1) is 6.92 Å². The number of H-pyrrole nitrogens is 2. The van der Waals surface area contributed by atoms with Crippen LogP contribution in [0.1, 0.15) is 5.69 Å². The van der Waals surface area contributed by atoms with E-state index in [0.29, 0.717) is 5.13 Å². The second-order valence-corrected chi connectivity index (χ2v) is 7.19. The summed E-state index contributed by atoms with van der Waals surface area (Å²) in [7, 11) is 1.62. The number of hydrogen-bond acceptors (Lipinski definition) is 6. The van der Waals surface area contributed by atoms with Gasteiger partial charge >= 0.3 is 0 Å². The molecular weight excluding hydrogens is 392 g/mol. The number of fused-ring (bicyclic) bond motifs is 1. The highest BCUT2D eigenvalue weighted by Gasteiger charge is 2.13. The number of rotatable bonds is 6. The highest BCUT2D eigenvalue weighted by molar-refractivity contribution is 7.14. The van der Waals surface area contributed by atoms with Gasteiger partial charge in [0, 0.05) is 46.0 Å². The molecule has 0 aliphatic heterocycles. The number of anilines is 1. The molecule has 0 bridgehead atoms. The zero-order chi connectivity index (χ0) is 20.4. The van der Waals surface area contributed by atoms with E-state index < -0.39 is 5.91 Å². The minimum absolute atomic E-state index is 0.0957. The SMILES string of the molecule is COc1ccc2[nH]cc(-c3csc(NC(=O)COc4c[nH]c(C)cc4=O)n3)c2c1. The average molecular weight is 410 g/mol. The van der Waals surface area contributed by atoms with Crippen molar-refractivity contribution in [2.75, 3.05) is 19.0 Å². The number of ether oxygens (including phenoxy) is 2. The van der Waals surface area contributed by atoms with Crippen molar-refractivity contribution >= 4 is 33.3 Å². The van der Waals surface area contributed by atoms with Gasteiger partial charge in [-0.3, -0.25) is 14.9 Å². The lowest BCUT2D eigenvalue weighted by molar-refractivity contribution is -0.118. The van der Waals surface area contributed by atoms with Gasteiger partial charge in [-0.2, -0.15) is 0 Å². The smallest absolute Gasteiger partial charge is 0.264 e. The van der Waals surface area contributed by atoms with Gasteiger partial charge in [-0.1, -0.05) is 0 Å². The summed E-state index contributed by atoms with van der Waals surface area (Å²) in [6, 6.07) is 7.17. The Morgan fingerprint density at radius 3 is 2.90 bits per heavy atom. The number of carbonyl (C=O) groups excluding carboxylic acids is 1. The molecule has 8 nitrogen and oxygen atoms in total. The summed E-state index contributed by atoms with van der Waals surface area (Å²) in [5.41, 5.74) is 3.06. The predicted molar refractivity (Wildman–Crippen MR) is 112 cm³/mol. The number of aryl methyl sites for hydroxylation is 1. The van der Waals surface area contributed by atoms with E-state index in [-0.39, 0.29) is 17.8 Å². The van der Waals surface area contributed by atoms with Gasteiger partial charge in [0.15, 0.2) is 17.5 Å². The molecule has 1 aromatic carbocycles. The van der Waals surface area contributed by atoms with E-state index in [4.69, 9.17) is 9.47 Å². The first-order valence-corrected chi connectivity index (χ1v) is 9.64. The number of nitrogens with one attached hydrogen (secondary N) is 3. The van der Waals surface area contributed by atoms with Crippen LogP contribution >= 0.6 is 11.3 Å². The van der Waals surface area contributed by atoms with Gasteiger partial charge in [-0.05, 0) is 25.1 Å². The van der Waals surface area contributed by atoms with Gasteiger partial charge in [0.1, 0.15) is 5.75 Å². The molecule has 0 aliphatic rings. The first-order valence-electron chi connectivity index (χ1n) is 8.76. The number of aromatic amines is 2. The Morgan fingerprint density at radius 2 is 2.10 bits per heavy atom. The number of hydrogen-bond donors (Lipinski definition) is 3. The van der Waals surface area contributed by atoms with Crippen molar-refractivity contribution in [3.05, 3.63) is 58.0 Å². The van der Waals surface area contributed by atoms with E-state index in [1.54, 1.807) is 14.0 Å². The first kappa shape index (κ1) is 18.8. The second-order valence-electron chi connectivity index (χ2n) is 6.33. The Balaban J connectivity index is 1.45. The molecule has 0 spiro atoms. The van der Waals surface area contributed by atoms with Crippen molar-refractivity contribution in [3.8, 4) is 22.8 Å². The number of amides is 1. The van der Waals surface area contributed by atoms with Crippen molar-refractivity contribution < 1.29 is 14.3 Å². The van der Waals surface area contributed by atoms with Crippen LogP contribution < -0.4 is 20.2 Å². The fourth-order valence-corrected chi connectivity index (χ4v) is 3.59. The lowest BCUT2D eigenvalue weighted by atomic mass is 10.1. The summed E-state index contributed by atoms with van der Waals surface area (Å²) in [5, 5.41) is 5.99. The van der Waals surface area contributed by atoms with Crippen LogP contribution in [0.5, 0.6) is 11.5 Å². The largest absolute Gasteiger partial charge is 0.497 e. The summed E-state index contributed by atoms with van der Waals surface area (Å²) < 4.78 is 10.6. The van der Waals surface area contributed by atoms with E-state index >= 15 is 0 Å². The zero-order valence-corrected chi connectivity index (χ0v) is 16.6. The summed E-state index contributed by atoms with van der Waals surface area (Å²) in [5.74, 6) is 0.454. The van der Waals surface area contributed by atoms with Crippen molar-refractivity contribution in [2.24, 2.45) is 0 Å². The number of methoxy groups -OCH3 is 1. The van der Waals surface area contributed by atoms with E-state index in [1.165, 1.54) is 23.6 Å².